The van der Waals surface area contributed by atoms with Gasteiger partial charge in [0.1, 0.15) is 5.82 Å². The SMILES string of the molecule is CN1CCN(c2ccc(-c3nc(-c4ccc(-c5ccc(C(F)(F)F)cc5)cc4)[nH]c3-c3ccc(N4CCN(C)CC4)cc3)cc2)CC1. The Balaban J connectivity index is 1.19. The number of hydrogen-bond acceptors (Lipinski definition) is 5. The molecule has 9 heteroatoms. The maximum absolute atomic E-state index is 13.1. The topological polar surface area (TPSA) is 41.6 Å². The van der Waals surface area contributed by atoms with Crippen molar-refractivity contribution < 1.29 is 13.2 Å². The van der Waals surface area contributed by atoms with Gasteiger partial charge in [-0.05, 0) is 61.6 Å². The maximum atomic E-state index is 13.1. The van der Waals surface area contributed by atoms with E-state index in [2.05, 4.69) is 87.2 Å². The van der Waals surface area contributed by atoms with Crippen LogP contribution >= 0.6 is 0 Å². The lowest BCUT2D eigenvalue weighted by molar-refractivity contribution is -0.137. The van der Waals surface area contributed by atoms with Crippen molar-refractivity contribution >= 4 is 11.4 Å². The molecule has 0 bridgehead atoms. The second-order valence-corrected chi connectivity index (χ2v) is 12.6. The highest BCUT2D eigenvalue weighted by Gasteiger charge is 2.30. The summed E-state index contributed by atoms with van der Waals surface area (Å²) in [5, 5.41) is 0. The average molecular weight is 637 g/mol. The van der Waals surface area contributed by atoms with Crippen LogP contribution in [0.3, 0.4) is 0 Å². The van der Waals surface area contributed by atoms with Crippen molar-refractivity contribution in [3.63, 3.8) is 0 Å². The molecule has 1 aromatic heterocycles. The number of rotatable bonds is 6. The molecule has 0 spiro atoms. The van der Waals surface area contributed by atoms with E-state index in [0.29, 0.717) is 0 Å². The number of hydrogen-bond donors (Lipinski definition) is 1. The monoisotopic (exact) mass is 636 g/mol. The van der Waals surface area contributed by atoms with E-state index in [4.69, 9.17) is 4.98 Å². The second kappa shape index (κ2) is 12.9. The van der Waals surface area contributed by atoms with Gasteiger partial charge in [-0.2, -0.15) is 13.2 Å². The average Bonchev–Trinajstić information content (AvgIpc) is 3.55. The molecule has 0 atom stereocenters. The molecular weight excluding hydrogens is 597 g/mol. The van der Waals surface area contributed by atoms with E-state index < -0.39 is 11.7 Å². The lowest BCUT2D eigenvalue weighted by Gasteiger charge is -2.34. The van der Waals surface area contributed by atoms with Crippen LogP contribution in [0.25, 0.3) is 45.0 Å². The Bertz CT molecular complexity index is 1700. The molecule has 0 amide bonds. The summed E-state index contributed by atoms with van der Waals surface area (Å²) in [6, 6.07) is 30.5. The summed E-state index contributed by atoms with van der Waals surface area (Å²) in [6.07, 6.45) is -4.35. The molecule has 0 saturated carbocycles. The highest BCUT2D eigenvalue weighted by atomic mass is 19.4. The van der Waals surface area contributed by atoms with Gasteiger partial charge in [0.15, 0.2) is 0 Å². The maximum Gasteiger partial charge on any atom is 0.416 e. The zero-order valence-corrected chi connectivity index (χ0v) is 26.8. The number of likely N-dealkylation sites (N-methyl/N-ethyl adjacent to an activating group) is 2. The van der Waals surface area contributed by atoms with Crippen LogP contribution in [-0.4, -0.2) is 86.2 Å². The minimum Gasteiger partial charge on any atom is -0.369 e. The number of imidazole rings is 1. The summed E-state index contributed by atoms with van der Waals surface area (Å²) in [6.45, 7) is 8.25. The molecule has 2 aliphatic rings. The van der Waals surface area contributed by atoms with Crippen molar-refractivity contribution in [1.29, 1.82) is 0 Å². The molecule has 47 heavy (non-hydrogen) atoms. The number of H-pyrrole nitrogens is 1. The Morgan fingerprint density at radius 2 is 0.915 bits per heavy atom. The van der Waals surface area contributed by atoms with Crippen LogP contribution in [0, 0.1) is 0 Å². The van der Waals surface area contributed by atoms with Crippen LogP contribution in [0.2, 0.25) is 0 Å². The number of aromatic nitrogens is 2. The van der Waals surface area contributed by atoms with E-state index in [1.165, 1.54) is 23.5 Å². The predicted molar refractivity (Wildman–Crippen MR) is 185 cm³/mol. The molecule has 7 rings (SSSR count). The zero-order chi connectivity index (χ0) is 32.5. The van der Waals surface area contributed by atoms with E-state index in [1.54, 1.807) is 0 Å². The molecule has 0 unspecified atom stereocenters. The van der Waals surface area contributed by atoms with Crippen LogP contribution in [0.4, 0.5) is 24.5 Å². The lowest BCUT2D eigenvalue weighted by atomic mass is 10.0. The Kier molecular flexibility index (Phi) is 8.51. The summed E-state index contributed by atoms with van der Waals surface area (Å²) in [5.74, 6) is 0.736. The lowest BCUT2D eigenvalue weighted by Crippen LogP contribution is -2.44. The largest absolute Gasteiger partial charge is 0.416 e. The van der Waals surface area contributed by atoms with E-state index in [9.17, 15) is 13.2 Å². The van der Waals surface area contributed by atoms with Gasteiger partial charge in [-0.25, -0.2) is 4.98 Å². The number of halogens is 3. The molecule has 2 saturated heterocycles. The molecule has 5 aromatic rings. The molecule has 3 heterocycles. The fourth-order valence-corrected chi connectivity index (χ4v) is 6.40. The quantitative estimate of drug-likeness (QED) is 0.208. The van der Waals surface area contributed by atoms with Gasteiger partial charge >= 0.3 is 6.18 Å². The third-order valence-corrected chi connectivity index (χ3v) is 9.44. The van der Waals surface area contributed by atoms with Gasteiger partial charge in [0.2, 0.25) is 0 Å². The third kappa shape index (κ3) is 6.77. The van der Waals surface area contributed by atoms with Crippen LogP contribution in [0.1, 0.15) is 5.56 Å². The summed E-state index contributed by atoms with van der Waals surface area (Å²) >= 11 is 0. The summed E-state index contributed by atoms with van der Waals surface area (Å²) in [4.78, 5) is 18.3. The predicted octanol–water partition coefficient (Wildman–Crippen LogP) is 7.60. The number of benzene rings is 4. The van der Waals surface area contributed by atoms with Crippen LogP contribution < -0.4 is 9.80 Å². The highest BCUT2D eigenvalue weighted by Crippen LogP contribution is 2.36. The number of alkyl halides is 3. The number of piperazine rings is 2. The first-order valence-corrected chi connectivity index (χ1v) is 16.2. The first-order chi connectivity index (χ1) is 22.7. The van der Waals surface area contributed by atoms with Gasteiger partial charge in [0, 0.05) is 80.4 Å². The Hall–Kier alpha value is -4.60. The molecule has 0 aliphatic carbocycles. The fourth-order valence-electron chi connectivity index (χ4n) is 6.40. The Labute approximate surface area is 274 Å². The summed E-state index contributed by atoms with van der Waals surface area (Å²) < 4.78 is 39.2. The summed E-state index contributed by atoms with van der Waals surface area (Å²) in [7, 11) is 4.33. The van der Waals surface area contributed by atoms with Crippen molar-refractivity contribution in [3.8, 4) is 45.0 Å². The van der Waals surface area contributed by atoms with Gasteiger partial charge in [0.05, 0.1) is 17.0 Å². The highest BCUT2D eigenvalue weighted by molar-refractivity contribution is 5.83. The first kappa shape index (κ1) is 31.0. The number of anilines is 2. The molecule has 0 radical (unpaired) electrons. The molecule has 6 nitrogen and oxygen atoms in total. The minimum absolute atomic E-state index is 0.651. The van der Waals surface area contributed by atoms with Crippen molar-refractivity contribution in [2.45, 2.75) is 6.18 Å². The molecule has 2 aliphatic heterocycles. The fraction of sp³-hybridized carbons (Fsp3) is 0.289. The molecular formula is C38H39F3N6. The van der Waals surface area contributed by atoms with E-state index in [-0.39, 0.29) is 0 Å². The third-order valence-electron chi connectivity index (χ3n) is 9.44. The summed E-state index contributed by atoms with van der Waals surface area (Å²) in [5.41, 5.74) is 8.17. The second-order valence-electron chi connectivity index (χ2n) is 12.6. The van der Waals surface area contributed by atoms with E-state index in [0.717, 1.165) is 110 Å². The van der Waals surface area contributed by atoms with Gasteiger partial charge in [-0.3, -0.25) is 0 Å². The molecule has 1 N–H and O–H groups in total. The van der Waals surface area contributed by atoms with Gasteiger partial charge in [0.25, 0.3) is 0 Å². The van der Waals surface area contributed by atoms with Gasteiger partial charge < -0.3 is 24.6 Å². The van der Waals surface area contributed by atoms with Crippen molar-refractivity contribution in [2.24, 2.45) is 0 Å². The van der Waals surface area contributed by atoms with Gasteiger partial charge in [-0.15, -0.1) is 0 Å². The van der Waals surface area contributed by atoms with E-state index in [1.807, 2.05) is 24.3 Å². The standard InChI is InChI=1S/C38H39F3N6/c1-44-19-23-46(24-20-44)33-15-9-29(10-16-33)35-36(30-11-17-34(18-12-30)47-25-21-45(2)22-26-47)43-37(42-35)31-5-3-27(4-6-31)28-7-13-32(14-8-28)38(39,40)41/h3-18H,19-26H2,1-2H3,(H,42,43). The van der Waals surface area contributed by atoms with Crippen molar-refractivity contribution in [1.82, 2.24) is 19.8 Å². The van der Waals surface area contributed by atoms with Crippen molar-refractivity contribution in [3.05, 3.63) is 103 Å². The Morgan fingerprint density at radius 1 is 0.511 bits per heavy atom. The normalized spacial score (nSPS) is 16.5. The van der Waals surface area contributed by atoms with Crippen LogP contribution in [-0.2, 0) is 6.18 Å². The van der Waals surface area contributed by atoms with Crippen LogP contribution in [0.5, 0.6) is 0 Å². The smallest absolute Gasteiger partial charge is 0.369 e. The molecule has 2 fully saturated rings. The molecule has 4 aromatic carbocycles. The van der Waals surface area contributed by atoms with E-state index >= 15 is 0 Å². The zero-order valence-electron chi connectivity index (χ0n) is 26.8. The van der Waals surface area contributed by atoms with Gasteiger partial charge in [-0.1, -0.05) is 60.7 Å². The van der Waals surface area contributed by atoms with Crippen molar-refractivity contribution in [2.75, 3.05) is 76.3 Å². The number of nitrogens with one attached hydrogen (secondary N) is 1. The van der Waals surface area contributed by atoms with Crippen LogP contribution in [0.15, 0.2) is 97.1 Å². The Morgan fingerprint density at radius 3 is 1.38 bits per heavy atom. The minimum atomic E-state index is -4.35. The first-order valence-electron chi connectivity index (χ1n) is 16.2. The number of aromatic amines is 1. The number of nitrogens with zero attached hydrogens (tertiary/aromatic N) is 5. The molecule has 242 valence electrons.